The van der Waals surface area contributed by atoms with Gasteiger partial charge in [0, 0.05) is 12.8 Å². The third kappa shape index (κ3) is 50.0. The normalized spacial score (nSPS) is 12.6. The molecule has 1 amide bonds. The molecule has 0 aromatic rings. The number of hydrogen-bond donors (Lipinski definition) is 3. The monoisotopic (exact) mass is 904 g/mol. The predicted octanol–water partition coefficient (Wildman–Crippen LogP) is 17.7. The molecule has 0 aromatic carbocycles. The minimum absolute atomic E-state index is 0.0108. The number of hydrogen-bond acceptors (Lipinski definition) is 5. The van der Waals surface area contributed by atoms with E-state index in [1.54, 1.807) is 0 Å². The number of rotatable bonds is 54. The number of carbonyl (C=O) groups is 2. The second kappa shape index (κ2) is 54.2. The number of unbranched alkanes of at least 4 members (excludes halogenated alkanes) is 41. The van der Waals surface area contributed by atoms with Gasteiger partial charge in [-0.05, 0) is 51.4 Å². The summed E-state index contributed by atoms with van der Waals surface area (Å²) in [7, 11) is 0. The van der Waals surface area contributed by atoms with Gasteiger partial charge in [0.15, 0.2) is 0 Å². The van der Waals surface area contributed by atoms with Crippen LogP contribution >= 0.6 is 0 Å². The van der Waals surface area contributed by atoms with Crippen LogP contribution in [0.15, 0.2) is 12.2 Å². The van der Waals surface area contributed by atoms with E-state index < -0.39 is 12.1 Å². The van der Waals surface area contributed by atoms with Gasteiger partial charge < -0.3 is 20.3 Å². The fourth-order valence-electron chi connectivity index (χ4n) is 9.11. The third-order valence-electron chi connectivity index (χ3n) is 13.6. The Morgan fingerprint density at radius 3 is 1.11 bits per heavy atom. The average Bonchev–Trinajstić information content (AvgIpc) is 3.29. The van der Waals surface area contributed by atoms with Gasteiger partial charge in [0.1, 0.15) is 0 Å². The number of allylic oxidation sites excluding steroid dienone is 2. The van der Waals surface area contributed by atoms with Crippen molar-refractivity contribution in [3.05, 3.63) is 12.2 Å². The van der Waals surface area contributed by atoms with E-state index in [1.807, 2.05) is 0 Å². The lowest BCUT2D eigenvalue weighted by Crippen LogP contribution is -2.45. The highest BCUT2D eigenvalue weighted by Crippen LogP contribution is 2.17. The van der Waals surface area contributed by atoms with Crippen LogP contribution in [0.4, 0.5) is 0 Å². The van der Waals surface area contributed by atoms with Gasteiger partial charge in [0.25, 0.3) is 0 Å². The Morgan fingerprint density at radius 2 is 0.734 bits per heavy atom. The molecule has 0 aromatic heterocycles. The number of amides is 1. The lowest BCUT2D eigenvalue weighted by Gasteiger charge is -2.22. The Morgan fingerprint density at radius 1 is 0.422 bits per heavy atom. The zero-order valence-corrected chi connectivity index (χ0v) is 43.3. The van der Waals surface area contributed by atoms with Gasteiger partial charge in [-0.15, -0.1) is 0 Å². The van der Waals surface area contributed by atoms with Crippen molar-refractivity contribution in [2.45, 2.75) is 334 Å². The quantitative estimate of drug-likeness (QED) is 0.0321. The maximum Gasteiger partial charge on any atom is 0.305 e. The highest BCUT2D eigenvalue weighted by molar-refractivity contribution is 5.76. The molecule has 0 aliphatic rings. The van der Waals surface area contributed by atoms with Crippen LogP contribution in [0.1, 0.15) is 322 Å². The molecular formula is C58H113NO5. The van der Waals surface area contributed by atoms with Gasteiger partial charge in [-0.1, -0.05) is 270 Å². The Kier molecular flexibility index (Phi) is 53.0. The van der Waals surface area contributed by atoms with Crippen LogP contribution in [0.5, 0.6) is 0 Å². The molecule has 2 atom stereocenters. The van der Waals surface area contributed by atoms with Crippen molar-refractivity contribution >= 4 is 11.9 Å². The molecule has 0 radical (unpaired) electrons. The molecule has 6 nitrogen and oxygen atoms in total. The lowest BCUT2D eigenvalue weighted by atomic mass is 10.0. The number of aliphatic hydroxyl groups excluding tert-OH is 2. The van der Waals surface area contributed by atoms with Crippen LogP contribution in [-0.4, -0.2) is 47.4 Å². The van der Waals surface area contributed by atoms with E-state index in [0.29, 0.717) is 25.9 Å². The van der Waals surface area contributed by atoms with Crippen LogP contribution in [-0.2, 0) is 14.3 Å². The first-order valence-electron chi connectivity index (χ1n) is 28.9. The molecule has 64 heavy (non-hydrogen) atoms. The number of carbonyl (C=O) groups excluding carboxylic acids is 2. The molecule has 0 fully saturated rings. The van der Waals surface area contributed by atoms with Gasteiger partial charge in [-0.25, -0.2) is 0 Å². The SMILES string of the molecule is CCCCCCCCCCCCCCCCC(=O)OCCCCCCCCCCCC/C=C\CCCCCCCCCC(=O)NC(CO)C(O)CCCCCCCCCCCCCC. The molecule has 0 rings (SSSR count). The molecule has 0 saturated heterocycles. The lowest BCUT2D eigenvalue weighted by molar-refractivity contribution is -0.143. The van der Waals surface area contributed by atoms with E-state index in [9.17, 15) is 19.8 Å². The zero-order chi connectivity index (χ0) is 46.5. The van der Waals surface area contributed by atoms with Gasteiger partial charge in [-0.3, -0.25) is 9.59 Å². The Labute approximate surface area is 399 Å². The van der Waals surface area contributed by atoms with Crippen molar-refractivity contribution in [1.82, 2.24) is 5.32 Å². The highest BCUT2D eigenvalue weighted by Gasteiger charge is 2.20. The van der Waals surface area contributed by atoms with Crippen LogP contribution in [0, 0.1) is 0 Å². The van der Waals surface area contributed by atoms with Crippen LogP contribution < -0.4 is 5.32 Å². The summed E-state index contributed by atoms with van der Waals surface area (Å²) in [5.41, 5.74) is 0. The second-order valence-corrected chi connectivity index (χ2v) is 20.0. The molecule has 6 heteroatoms. The maximum atomic E-state index is 12.4. The van der Waals surface area contributed by atoms with Gasteiger partial charge in [-0.2, -0.15) is 0 Å². The van der Waals surface area contributed by atoms with E-state index in [4.69, 9.17) is 4.74 Å². The van der Waals surface area contributed by atoms with Gasteiger partial charge in [0.05, 0.1) is 25.4 Å². The minimum atomic E-state index is -0.667. The molecule has 2 unspecified atom stereocenters. The fourth-order valence-corrected chi connectivity index (χ4v) is 9.11. The predicted molar refractivity (Wildman–Crippen MR) is 278 cm³/mol. The zero-order valence-electron chi connectivity index (χ0n) is 43.3. The summed E-state index contributed by atoms with van der Waals surface area (Å²) < 4.78 is 5.48. The second-order valence-electron chi connectivity index (χ2n) is 20.0. The standard InChI is InChI=1S/C58H113NO5/c1-3-5-7-9-11-13-15-17-28-32-36-40-44-48-52-58(63)64-53-49-45-41-37-33-29-26-24-22-20-18-19-21-23-25-27-31-35-39-43-47-51-57(62)59-55(54-60)56(61)50-46-42-38-34-30-16-14-12-10-8-6-4-2/h19,21,55-56,60-61H,3-18,20,22-54H2,1-2H3,(H,59,62)/b21-19-. The molecule has 0 aliphatic heterocycles. The van der Waals surface area contributed by atoms with Gasteiger partial charge in [0.2, 0.25) is 5.91 Å². The topological polar surface area (TPSA) is 95.9 Å². The molecule has 3 N–H and O–H groups in total. The average molecular weight is 905 g/mol. The maximum absolute atomic E-state index is 12.4. The molecule has 0 spiro atoms. The molecule has 0 bridgehead atoms. The summed E-state index contributed by atoms with van der Waals surface area (Å²) in [6.45, 7) is 4.96. The van der Waals surface area contributed by atoms with Crippen LogP contribution in [0.25, 0.3) is 0 Å². The summed E-state index contributed by atoms with van der Waals surface area (Å²) in [6.07, 6.45) is 63.5. The van der Waals surface area contributed by atoms with Crippen molar-refractivity contribution in [3.63, 3.8) is 0 Å². The van der Waals surface area contributed by atoms with Crippen molar-refractivity contribution in [3.8, 4) is 0 Å². The van der Waals surface area contributed by atoms with Crippen molar-refractivity contribution in [1.29, 1.82) is 0 Å². The first-order valence-corrected chi connectivity index (χ1v) is 28.9. The minimum Gasteiger partial charge on any atom is -0.466 e. The largest absolute Gasteiger partial charge is 0.466 e. The van der Waals surface area contributed by atoms with Crippen molar-refractivity contribution in [2.75, 3.05) is 13.2 Å². The third-order valence-corrected chi connectivity index (χ3v) is 13.6. The number of aliphatic hydroxyl groups is 2. The van der Waals surface area contributed by atoms with Gasteiger partial charge >= 0.3 is 5.97 Å². The molecule has 0 aliphatic carbocycles. The number of esters is 1. The van der Waals surface area contributed by atoms with E-state index >= 15 is 0 Å². The van der Waals surface area contributed by atoms with E-state index in [0.717, 1.165) is 38.5 Å². The molecule has 0 saturated carbocycles. The highest BCUT2D eigenvalue weighted by atomic mass is 16.5. The fraction of sp³-hybridized carbons (Fsp3) is 0.931. The summed E-state index contributed by atoms with van der Waals surface area (Å²) in [5.74, 6) is -0.0313. The van der Waals surface area contributed by atoms with E-state index in [2.05, 4.69) is 31.3 Å². The molecule has 380 valence electrons. The number of ether oxygens (including phenoxy) is 1. The summed E-state index contributed by atoms with van der Waals surface area (Å²) in [5, 5.41) is 23.2. The van der Waals surface area contributed by atoms with E-state index in [-0.39, 0.29) is 18.5 Å². The first kappa shape index (κ1) is 62.6. The molecular weight excluding hydrogens is 791 g/mol. The van der Waals surface area contributed by atoms with Crippen LogP contribution in [0.2, 0.25) is 0 Å². The first-order chi connectivity index (χ1) is 31.5. The molecule has 0 heterocycles. The Bertz CT molecular complexity index is 955. The van der Waals surface area contributed by atoms with E-state index in [1.165, 1.54) is 250 Å². The van der Waals surface area contributed by atoms with Crippen molar-refractivity contribution in [2.24, 2.45) is 0 Å². The van der Waals surface area contributed by atoms with Crippen molar-refractivity contribution < 1.29 is 24.5 Å². The number of nitrogens with one attached hydrogen (secondary N) is 1. The summed E-state index contributed by atoms with van der Waals surface area (Å²) in [4.78, 5) is 24.5. The summed E-state index contributed by atoms with van der Waals surface area (Å²) in [6, 6.07) is -0.545. The Hall–Kier alpha value is -1.40. The smallest absolute Gasteiger partial charge is 0.305 e. The summed E-state index contributed by atoms with van der Waals surface area (Å²) >= 11 is 0. The Balaban J connectivity index is 3.40. The van der Waals surface area contributed by atoms with Crippen LogP contribution in [0.3, 0.4) is 0 Å².